The van der Waals surface area contributed by atoms with Gasteiger partial charge in [-0.2, -0.15) is 0 Å². The number of nitrogens with one attached hydrogen (secondary N) is 2. The summed E-state index contributed by atoms with van der Waals surface area (Å²) in [6.45, 7) is -0.621. The first-order valence-corrected chi connectivity index (χ1v) is 6.67. The van der Waals surface area contributed by atoms with Crippen LogP contribution in [0.5, 0.6) is 5.75 Å². The van der Waals surface area contributed by atoms with Crippen LogP contribution in [-0.4, -0.2) is 49.9 Å². The molecule has 1 rings (SSSR count). The summed E-state index contributed by atoms with van der Waals surface area (Å²) in [5, 5.41) is 12.9. The lowest BCUT2D eigenvalue weighted by Crippen LogP contribution is -2.38. The maximum atomic E-state index is 11.5. The molecule has 8 heteroatoms. The van der Waals surface area contributed by atoms with Gasteiger partial charge < -0.3 is 25.2 Å². The molecule has 0 aliphatic carbocycles. The first-order chi connectivity index (χ1) is 11.0. The van der Waals surface area contributed by atoms with E-state index >= 15 is 0 Å². The van der Waals surface area contributed by atoms with Gasteiger partial charge in [-0.25, -0.2) is 0 Å². The van der Waals surface area contributed by atoms with Gasteiger partial charge >= 0.3 is 5.97 Å². The molecule has 0 fully saturated rings. The number of aliphatic carboxylic acids is 1. The minimum Gasteiger partial charge on any atom is -0.480 e. The molecular weight excluding hydrogens is 304 g/mol. The quantitative estimate of drug-likeness (QED) is 0.435. The third-order valence-electron chi connectivity index (χ3n) is 2.51. The zero-order chi connectivity index (χ0) is 17.1. The lowest BCUT2D eigenvalue weighted by molar-refractivity contribution is -0.137. The van der Waals surface area contributed by atoms with Crippen molar-refractivity contribution in [3.05, 3.63) is 35.9 Å². The van der Waals surface area contributed by atoms with Crippen molar-refractivity contribution in [1.29, 1.82) is 0 Å². The fraction of sp³-hybridized carbons (Fsp3) is 0.267. The Morgan fingerprint density at radius 2 is 1.83 bits per heavy atom. The largest absolute Gasteiger partial charge is 0.480 e. The Kier molecular flexibility index (Phi) is 7.87. The van der Waals surface area contributed by atoms with Crippen molar-refractivity contribution in [2.24, 2.45) is 0 Å². The fourth-order valence-corrected chi connectivity index (χ4v) is 1.44. The molecule has 0 aromatic heterocycles. The maximum absolute atomic E-state index is 11.5. The van der Waals surface area contributed by atoms with Gasteiger partial charge in [0, 0.05) is 13.2 Å². The number of carboxylic acids is 1. The molecule has 0 aliphatic heterocycles. The van der Waals surface area contributed by atoms with Crippen molar-refractivity contribution in [1.82, 2.24) is 10.6 Å². The molecule has 0 atom stereocenters. The van der Waals surface area contributed by atoms with E-state index in [1.165, 1.54) is 13.2 Å². The minimum absolute atomic E-state index is 0.154. The monoisotopic (exact) mass is 322 g/mol. The predicted octanol–water partition coefficient (Wildman–Crippen LogP) is -0.000500. The van der Waals surface area contributed by atoms with Gasteiger partial charge in [0.1, 0.15) is 12.3 Å². The molecule has 124 valence electrons. The number of hydrogen-bond acceptors (Lipinski definition) is 5. The minimum atomic E-state index is -1.15. The number of amides is 2. The number of carboxylic acid groups (broad SMARTS) is 1. The van der Waals surface area contributed by atoms with E-state index < -0.39 is 24.3 Å². The highest BCUT2D eigenvalue weighted by Crippen LogP contribution is 2.12. The van der Waals surface area contributed by atoms with Crippen LogP contribution in [0.25, 0.3) is 6.08 Å². The molecule has 8 nitrogen and oxygen atoms in total. The summed E-state index contributed by atoms with van der Waals surface area (Å²) in [5.41, 5.74) is 0.778. The number of hydrogen-bond donors (Lipinski definition) is 3. The lowest BCUT2D eigenvalue weighted by atomic mass is 10.2. The summed E-state index contributed by atoms with van der Waals surface area (Å²) >= 11 is 0. The van der Waals surface area contributed by atoms with Crippen molar-refractivity contribution in [2.45, 2.75) is 0 Å². The Morgan fingerprint density at radius 3 is 2.43 bits per heavy atom. The van der Waals surface area contributed by atoms with Crippen LogP contribution in [0.1, 0.15) is 5.56 Å². The van der Waals surface area contributed by atoms with E-state index in [-0.39, 0.29) is 13.3 Å². The number of benzene rings is 1. The summed E-state index contributed by atoms with van der Waals surface area (Å²) in [6.07, 6.45) is 2.85. The molecule has 0 saturated heterocycles. The Bertz CT molecular complexity index is 568. The van der Waals surface area contributed by atoms with Crippen molar-refractivity contribution in [3.8, 4) is 5.75 Å². The van der Waals surface area contributed by atoms with E-state index in [1.807, 2.05) is 0 Å². The maximum Gasteiger partial charge on any atom is 0.322 e. The zero-order valence-corrected chi connectivity index (χ0v) is 12.6. The van der Waals surface area contributed by atoms with Crippen molar-refractivity contribution in [3.63, 3.8) is 0 Å². The summed E-state index contributed by atoms with van der Waals surface area (Å²) in [4.78, 5) is 33.0. The van der Waals surface area contributed by atoms with Crippen molar-refractivity contribution >= 4 is 23.9 Å². The molecule has 0 aliphatic rings. The molecule has 0 unspecified atom stereocenters. The third-order valence-corrected chi connectivity index (χ3v) is 2.51. The third kappa shape index (κ3) is 8.22. The van der Waals surface area contributed by atoms with Crippen molar-refractivity contribution in [2.75, 3.05) is 27.0 Å². The van der Waals surface area contributed by atoms with Crippen LogP contribution in [0, 0.1) is 0 Å². The van der Waals surface area contributed by atoms with Crippen LogP contribution in [0.3, 0.4) is 0 Å². The van der Waals surface area contributed by atoms with Crippen LogP contribution in [0.2, 0.25) is 0 Å². The van der Waals surface area contributed by atoms with Gasteiger partial charge in [-0.05, 0) is 23.8 Å². The standard InChI is InChI=1S/C15H18N2O6/c1-22-10-23-12-5-2-11(3-6-12)4-7-13(18)16-8-14(19)17-9-15(20)21/h2-7H,8-10H2,1H3,(H,16,18)(H,17,19)(H,20,21)/b7-4+. The first kappa shape index (κ1) is 18.2. The molecule has 1 aromatic carbocycles. The summed E-state index contributed by atoms with van der Waals surface area (Å²) in [6, 6.07) is 6.98. The van der Waals surface area contributed by atoms with E-state index in [1.54, 1.807) is 30.3 Å². The summed E-state index contributed by atoms with van der Waals surface area (Å²) in [5.74, 6) is -1.55. The summed E-state index contributed by atoms with van der Waals surface area (Å²) < 4.78 is 10.0. The molecule has 0 bridgehead atoms. The molecule has 2 amide bonds. The molecule has 0 saturated carbocycles. The van der Waals surface area contributed by atoms with Gasteiger partial charge in [0.2, 0.25) is 11.8 Å². The van der Waals surface area contributed by atoms with Crippen LogP contribution in [0.4, 0.5) is 0 Å². The smallest absolute Gasteiger partial charge is 0.322 e. The van der Waals surface area contributed by atoms with Gasteiger partial charge in [-0.3, -0.25) is 14.4 Å². The van der Waals surface area contributed by atoms with Crippen molar-refractivity contribution < 1.29 is 29.0 Å². The average molecular weight is 322 g/mol. The van der Waals surface area contributed by atoms with E-state index in [9.17, 15) is 14.4 Å². The number of carbonyl (C=O) groups excluding carboxylic acids is 2. The van der Waals surface area contributed by atoms with Gasteiger partial charge in [-0.15, -0.1) is 0 Å². The number of ether oxygens (including phenoxy) is 2. The Morgan fingerprint density at radius 1 is 1.13 bits per heavy atom. The molecule has 1 aromatic rings. The fourth-order valence-electron chi connectivity index (χ4n) is 1.44. The highest BCUT2D eigenvalue weighted by Gasteiger charge is 2.04. The van der Waals surface area contributed by atoms with Gasteiger partial charge in [0.05, 0.1) is 6.54 Å². The second-order valence-electron chi connectivity index (χ2n) is 4.34. The normalized spacial score (nSPS) is 10.3. The second kappa shape index (κ2) is 9.96. The number of rotatable bonds is 9. The van der Waals surface area contributed by atoms with E-state index in [0.717, 1.165) is 5.56 Å². The zero-order valence-electron chi connectivity index (χ0n) is 12.6. The van der Waals surface area contributed by atoms with Crippen LogP contribution < -0.4 is 15.4 Å². The number of carbonyl (C=O) groups is 3. The van der Waals surface area contributed by atoms with Gasteiger partial charge in [0.25, 0.3) is 0 Å². The topological polar surface area (TPSA) is 114 Å². The Labute approximate surface area is 133 Å². The van der Waals surface area contributed by atoms with Gasteiger partial charge in [0.15, 0.2) is 6.79 Å². The SMILES string of the molecule is COCOc1ccc(/C=C/C(=O)NCC(=O)NCC(=O)O)cc1. The molecular formula is C15H18N2O6. The average Bonchev–Trinajstić information content (AvgIpc) is 2.55. The number of methoxy groups -OCH3 is 1. The van der Waals surface area contributed by atoms with Crippen LogP contribution >= 0.6 is 0 Å². The molecule has 0 heterocycles. The van der Waals surface area contributed by atoms with Crippen LogP contribution in [0.15, 0.2) is 30.3 Å². The molecule has 23 heavy (non-hydrogen) atoms. The predicted molar refractivity (Wildman–Crippen MR) is 81.6 cm³/mol. The van der Waals surface area contributed by atoms with Gasteiger partial charge in [-0.1, -0.05) is 12.1 Å². The molecule has 3 N–H and O–H groups in total. The lowest BCUT2D eigenvalue weighted by Gasteiger charge is -2.04. The highest BCUT2D eigenvalue weighted by atomic mass is 16.7. The van der Waals surface area contributed by atoms with E-state index in [4.69, 9.17) is 14.6 Å². The van der Waals surface area contributed by atoms with Crippen LogP contribution in [-0.2, 0) is 19.1 Å². The van der Waals surface area contributed by atoms with E-state index in [0.29, 0.717) is 5.75 Å². The second-order valence-corrected chi connectivity index (χ2v) is 4.34. The Hall–Kier alpha value is -2.87. The van der Waals surface area contributed by atoms with E-state index in [2.05, 4.69) is 10.6 Å². The highest BCUT2D eigenvalue weighted by molar-refractivity contribution is 5.94. The molecule has 0 radical (unpaired) electrons. The Balaban J connectivity index is 2.37. The molecule has 0 spiro atoms. The first-order valence-electron chi connectivity index (χ1n) is 6.67. The summed E-state index contributed by atoms with van der Waals surface area (Å²) in [7, 11) is 1.53.